The van der Waals surface area contributed by atoms with Crippen LogP contribution in [0, 0.1) is 13.8 Å². The van der Waals surface area contributed by atoms with E-state index >= 15 is 0 Å². The fraction of sp³-hybridized carbons (Fsp3) is 0.333. The van der Waals surface area contributed by atoms with Crippen molar-refractivity contribution in [1.82, 2.24) is 9.80 Å². The Balaban J connectivity index is 1.43. The Morgan fingerprint density at radius 3 is 2.42 bits per heavy atom. The second kappa shape index (κ2) is 8.67. The van der Waals surface area contributed by atoms with Gasteiger partial charge in [0.2, 0.25) is 5.91 Å². The Morgan fingerprint density at radius 2 is 1.70 bits per heavy atom. The lowest BCUT2D eigenvalue weighted by Gasteiger charge is -2.43. The maximum absolute atomic E-state index is 14.0. The molecule has 0 N–H and O–H groups in total. The molecule has 2 aliphatic rings. The number of aryl methyl sites for hydroxylation is 1. The molecule has 2 amide bonds. The molecule has 170 valence electrons. The lowest BCUT2D eigenvalue weighted by molar-refractivity contribution is -0.134. The maximum atomic E-state index is 14.0. The number of fused-ring (bicyclic) bond motifs is 1. The summed E-state index contributed by atoms with van der Waals surface area (Å²) in [4.78, 5) is 34.3. The number of thiophene rings is 1. The molecule has 0 spiro atoms. The summed E-state index contributed by atoms with van der Waals surface area (Å²) in [6.45, 7) is 7.28. The van der Waals surface area contributed by atoms with Crippen molar-refractivity contribution in [3.8, 4) is 0 Å². The van der Waals surface area contributed by atoms with E-state index in [1.54, 1.807) is 16.2 Å². The van der Waals surface area contributed by atoms with Crippen LogP contribution in [0.5, 0.6) is 0 Å². The highest BCUT2D eigenvalue weighted by atomic mass is 32.1. The smallest absolute Gasteiger partial charge is 0.254 e. The van der Waals surface area contributed by atoms with Crippen LogP contribution >= 0.6 is 11.3 Å². The van der Waals surface area contributed by atoms with Crippen LogP contribution in [-0.2, 0) is 4.79 Å². The van der Waals surface area contributed by atoms with Crippen LogP contribution in [-0.4, -0.2) is 54.8 Å². The molecule has 0 saturated carbocycles. The first kappa shape index (κ1) is 21.7. The van der Waals surface area contributed by atoms with Crippen molar-refractivity contribution < 1.29 is 9.59 Å². The Hall–Kier alpha value is -3.12. The molecule has 3 heterocycles. The van der Waals surface area contributed by atoms with Crippen molar-refractivity contribution in [2.75, 3.05) is 38.1 Å². The Kier molecular flexibility index (Phi) is 5.71. The summed E-state index contributed by atoms with van der Waals surface area (Å²) < 4.78 is 0. The minimum atomic E-state index is -0.394. The van der Waals surface area contributed by atoms with Crippen LogP contribution in [0.4, 0.5) is 5.69 Å². The number of carbonyl (C=O) groups excluding carboxylic acids is 2. The number of piperazine rings is 1. The monoisotopic (exact) mass is 459 g/mol. The zero-order chi connectivity index (χ0) is 23.1. The third-order valence-corrected chi connectivity index (χ3v) is 8.13. The number of carbonyl (C=O) groups is 2. The number of likely N-dealkylation sites (N-methyl/N-ethyl adjacent to an activating group) is 1. The lowest BCUT2D eigenvalue weighted by Crippen LogP contribution is -2.53. The first-order valence-electron chi connectivity index (χ1n) is 11.5. The number of amides is 2. The molecule has 2 aromatic carbocycles. The van der Waals surface area contributed by atoms with Gasteiger partial charge in [-0.1, -0.05) is 36.4 Å². The van der Waals surface area contributed by atoms with Gasteiger partial charge in [0.25, 0.3) is 5.91 Å². The van der Waals surface area contributed by atoms with E-state index in [0.29, 0.717) is 18.7 Å². The average Bonchev–Trinajstić information content (AvgIpc) is 3.37. The fourth-order valence-corrected chi connectivity index (χ4v) is 6.10. The van der Waals surface area contributed by atoms with Crippen molar-refractivity contribution in [3.63, 3.8) is 0 Å². The molecule has 2 aliphatic heterocycles. The molecule has 0 radical (unpaired) electrons. The SMILES string of the molecule is Cc1cccc(N2CCN(C(=O)C3c4ccccc4C(=O)N(C)C3c3cccs3)CC2)c1C. The largest absolute Gasteiger partial charge is 0.368 e. The van der Waals surface area contributed by atoms with E-state index in [-0.39, 0.29) is 17.9 Å². The fourth-order valence-electron chi connectivity index (χ4n) is 5.20. The molecule has 1 fully saturated rings. The second-order valence-electron chi connectivity index (χ2n) is 8.97. The quantitative estimate of drug-likeness (QED) is 0.574. The summed E-state index contributed by atoms with van der Waals surface area (Å²) in [5, 5.41) is 2.01. The van der Waals surface area contributed by atoms with Gasteiger partial charge in [0.15, 0.2) is 0 Å². The molecule has 3 aromatic rings. The van der Waals surface area contributed by atoms with E-state index in [1.807, 2.05) is 53.7 Å². The Labute approximate surface area is 199 Å². The van der Waals surface area contributed by atoms with Gasteiger partial charge >= 0.3 is 0 Å². The minimum Gasteiger partial charge on any atom is -0.368 e. The van der Waals surface area contributed by atoms with Crippen molar-refractivity contribution >= 4 is 28.8 Å². The third-order valence-electron chi connectivity index (χ3n) is 7.19. The number of nitrogens with zero attached hydrogens (tertiary/aromatic N) is 3. The van der Waals surface area contributed by atoms with Gasteiger partial charge in [-0.3, -0.25) is 9.59 Å². The average molecular weight is 460 g/mol. The van der Waals surface area contributed by atoms with Crippen LogP contribution in [0.3, 0.4) is 0 Å². The minimum absolute atomic E-state index is 0.0206. The highest BCUT2D eigenvalue weighted by Gasteiger charge is 2.44. The molecule has 5 nitrogen and oxygen atoms in total. The van der Waals surface area contributed by atoms with Crippen LogP contribution in [0.15, 0.2) is 60.0 Å². The second-order valence-corrected chi connectivity index (χ2v) is 9.95. The molecule has 33 heavy (non-hydrogen) atoms. The van der Waals surface area contributed by atoms with Crippen LogP contribution in [0.1, 0.15) is 43.9 Å². The first-order valence-corrected chi connectivity index (χ1v) is 12.3. The van der Waals surface area contributed by atoms with Crippen molar-refractivity contribution in [3.05, 3.63) is 87.1 Å². The summed E-state index contributed by atoms with van der Waals surface area (Å²) in [6, 6.07) is 17.8. The molecule has 0 bridgehead atoms. The van der Waals surface area contributed by atoms with Crippen molar-refractivity contribution in [2.45, 2.75) is 25.8 Å². The summed E-state index contributed by atoms with van der Waals surface area (Å²) in [6.07, 6.45) is 0. The van der Waals surface area contributed by atoms with Gasteiger partial charge in [0.05, 0.1) is 12.0 Å². The van der Waals surface area contributed by atoms with Gasteiger partial charge in [0.1, 0.15) is 0 Å². The Morgan fingerprint density at radius 1 is 0.939 bits per heavy atom. The van der Waals surface area contributed by atoms with Gasteiger partial charge in [-0.05, 0) is 54.1 Å². The number of hydrogen-bond donors (Lipinski definition) is 0. The molecule has 2 atom stereocenters. The van der Waals surface area contributed by atoms with E-state index in [2.05, 4.69) is 36.9 Å². The Bertz CT molecular complexity index is 1180. The standard InChI is InChI=1S/C27H29N3O2S/c1-18-8-6-11-22(19(18)2)29-13-15-30(16-14-29)27(32)24-20-9-4-5-10-21(20)26(31)28(3)25(24)23-12-7-17-33-23/h4-12,17,24-25H,13-16H2,1-3H3. The number of hydrogen-bond acceptors (Lipinski definition) is 4. The van der Waals surface area contributed by atoms with Gasteiger partial charge in [-0.15, -0.1) is 11.3 Å². The molecule has 1 aromatic heterocycles. The maximum Gasteiger partial charge on any atom is 0.254 e. The van der Waals surface area contributed by atoms with E-state index in [9.17, 15) is 9.59 Å². The normalized spacial score (nSPS) is 20.7. The predicted molar refractivity (Wildman–Crippen MR) is 133 cm³/mol. The lowest BCUT2D eigenvalue weighted by atomic mass is 9.81. The molecule has 5 rings (SSSR count). The topological polar surface area (TPSA) is 43.9 Å². The molecule has 0 aliphatic carbocycles. The highest BCUT2D eigenvalue weighted by Crippen LogP contribution is 2.44. The number of rotatable bonds is 3. The van der Waals surface area contributed by atoms with Crippen LogP contribution in [0.2, 0.25) is 0 Å². The van der Waals surface area contributed by atoms with Crippen molar-refractivity contribution in [2.24, 2.45) is 0 Å². The molecular weight excluding hydrogens is 430 g/mol. The summed E-state index contributed by atoms with van der Waals surface area (Å²) in [7, 11) is 1.82. The number of benzene rings is 2. The van der Waals surface area contributed by atoms with Gasteiger partial charge in [-0.25, -0.2) is 0 Å². The number of anilines is 1. The van der Waals surface area contributed by atoms with E-state index in [1.165, 1.54) is 16.8 Å². The molecular formula is C27H29N3O2S. The first-order chi connectivity index (χ1) is 16.0. The summed E-state index contributed by atoms with van der Waals surface area (Å²) >= 11 is 1.61. The summed E-state index contributed by atoms with van der Waals surface area (Å²) in [5.74, 6) is -0.302. The predicted octanol–water partition coefficient (Wildman–Crippen LogP) is 4.62. The zero-order valence-corrected chi connectivity index (χ0v) is 20.1. The summed E-state index contributed by atoms with van der Waals surface area (Å²) in [5.41, 5.74) is 5.33. The van der Waals surface area contributed by atoms with Gasteiger partial charge in [0, 0.05) is 49.4 Å². The molecule has 6 heteroatoms. The highest BCUT2D eigenvalue weighted by molar-refractivity contribution is 7.10. The van der Waals surface area contributed by atoms with Crippen LogP contribution in [0.25, 0.3) is 0 Å². The van der Waals surface area contributed by atoms with E-state index in [0.717, 1.165) is 23.5 Å². The van der Waals surface area contributed by atoms with Gasteiger partial charge < -0.3 is 14.7 Å². The van der Waals surface area contributed by atoms with E-state index in [4.69, 9.17) is 0 Å². The third kappa shape index (κ3) is 3.72. The molecule has 2 unspecified atom stereocenters. The van der Waals surface area contributed by atoms with Crippen LogP contribution < -0.4 is 4.90 Å². The van der Waals surface area contributed by atoms with Crippen molar-refractivity contribution in [1.29, 1.82) is 0 Å². The van der Waals surface area contributed by atoms with E-state index < -0.39 is 5.92 Å². The molecule has 1 saturated heterocycles. The van der Waals surface area contributed by atoms with Gasteiger partial charge in [-0.2, -0.15) is 0 Å². The zero-order valence-electron chi connectivity index (χ0n) is 19.3.